The summed E-state index contributed by atoms with van der Waals surface area (Å²) in [6, 6.07) is 12.6. The van der Waals surface area contributed by atoms with E-state index >= 15 is 0 Å². The minimum Gasteiger partial charge on any atom is -0.207 e. The van der Waals surface area contributed by atoms with Gasteiger partial charge in [-0.3, -0.25) is 0 Å². The summed E-state index contributed by atoms with van der Waals surface area (Å²) in [5.41, 5.74) is 3.07. The Bertz CT molecular complexity index is 522. The lowest BCUT2D eigenvalue weighted by Crippen LogP contribution is -1.95. The minimum absolute atomic E-state index is 0.270. The van der Waals surface area contributed by atoms with E-state index in [0.29, 0.717) is 4.47 Å². The van der Waals surface area contributed by atoms with E-state index in [0.717, 1.165) is 11.1 Å². The highest BCUT2D eigenvalue weighted by atomic mass is 79.9. The fourth-order valence-corrected chi connectivity index (χ4v) is 2.67. The lowest BCUT2D eigenvalue weighted by Gasteiger charge is -2.12. The van der Waals surface area contributed by atoms with Gasteiger partial charge in [-0.2, -0.15) is 0 Å². The highest BCUT2D eigenvalue weighted by Gasteiger charge is 2.14. The Kier molecular flexibility index (Phi) is 3.85. The van der Waals surface area contributed by atoms with E-state index < -0.39 is 0 Å². The molecule has 0 aliphatic heterocycles. The third-order valence-corrected chi connectivity index (χ3v) is 3.78. The van der Waals surface area contributed by atoms with Crippen LogP contribution in [0.5, 0.6) is 0 Å². The van der Waals surface area contributed by atoms with Crippen LogP contribution in [0.15, 0.2) is 46.9 Å². The quantitative estimate of drug-likeness (QED) is 0.666. The highest BCUT2D eigenvalue weighted by Crippen LogP contribution is 2.34. The molecule has 0 amide bonds. The lowest BCUT2D eigenvalue weighted by molar-refractivity contribution is 0.626. The van der Waals surface area contributed by atoms with E-state index in [2.05, 4.69) is 15.9 Å². The van der Waals surface area contributed by atoms with E-state index in [1.807, 2.05) is 31.2 Å². The molecule has 0 fully saturated rings. The van der Waals surface area contributed by atoms with Gasteiger partial charge in [-0.1, -0.05) is 51.8 Å². The van der Waals surface area contributed by atoms with Crippen LogP contribution >= 0.6 is 27.5 Å². The first kappa shape index (κ1) is 12.6. The molecule has 0 nitrogen and oxygen atoms in total. The molecule has 0 radical (unpaired) electrons. The third-order valence-electron chi connectivity index (χ3n) is 2.61. The van der Waals surface area contributed by atoms with Crippen LogP contribution in [0.25, 0.3) is 0 Å². The first-order valence-corrected chi connectivity index (χ1v) is 6.46. The van der Waals surface area contributed by atoms with Gasteiger partial charge in [0.1, 0.15) is 5.82 Å². The predicted octanol–water partition coefficient (Wildman–Crippen LogP) is 5.22. The van der Waals surface area contributed by atoms with Crippen LogP contribution < -0.4 is 0 Å². The smallest absolute Gasteiger partial charge is 0.124 e. The molecule has 88 valence electrons. The van der Waals surface area contributed by atoms with Crippen molar-refractivity contribution in [2.75, 3.05) is 0 Å². The number of hydrogen-bond acceptors (Lipinski definition) is 0. The molecule has 1 unspecified atom stereocenters. The molecule has 2 rings (SSSR count). The van der Waals surface area contributed by atoms with Crippen LogP contribution in [0, 0.1) is 12.7 Å². The molecular formula is C14H11BrClF. The van der Waals surface area contributed by atoms with Crippen molar-refractivity contribution in [2.24, 2.45) is 0 Å². The molecule has 0 N–H and O–H groups in total. The van der Waals surface area contributed by atoms with Gasteiger partial charge in [0, 0.05) is 4.47 Å². The molecule has 2 aromatic rings. The summed E-state index contributed by atoms with van der Waals surface area (Å²) in [4.78, 5) is 0. The number of alkyl halides is 1. The van der Waals surface area contributed by atoms with Crippen molar-refractivity contribution < 1.29 is 4.39 Å². The van der Waals surface area contributed by atoms with Crippen LogP contribution in [0.3, 0.4) is 0 Å². The molecule has 0 aliphatic rings. The normalized spacial score (nSPS) is 12.5. The second-order valence-electron chi connectivity index (χ2n) is 3.94. The monoisotopic (exact) mass is 312 g/mol. The standard InChI is InChI=1S/C14H11BrClF/c1-9-2-4-10(5-3-9)14(16)12-7-6-11(17)8-13(12)15/h2-8,14H,1H3. The van der Waals surface area contributed by atoms with Crippen molar-refractivity contribution in [3.05, 3.63) is 69.4 Å². The summed E-state index contributed by atoms with van der Waals surface area (Å²) in [6.45, 7) is 2.03. The maximum Gasteiger partial charge on any atom is 0.124 e. The molecule has 0 aliphatic carbocycles. The lowest BCUT2D eigenvalue weighted by atomic mass is 10.0. The third kappa shape index (κ3) is 2.88. The summed E-state index contributed by atoms with van der Waals surface area (Å²) in [6.07, 6.45) is 0. The van der Waals surface area contributed by atoms with Crippen molar-refractivity contribution in [3.63, 3.8) is 0 Å². The number of rotatable bonds is 2. The number of halogens is 3. The molecule has 2 aromatic carbocycles. The fraction of sp³-hybridized carbons (Fsp3) is 0.143. The molecular weight excluding hydrogens is 303 g/mol. The van der Waals surface area contributed by atoms with Gasteiger partial charge in [-0.15, -0.1) is 11.6 Å². The Labute approximate surface area is 114 Å². The maximum absolute atomic E-state index is 13.0. The highest BCUT2D eigenvalue weighted by molar-refractivity contribution is 9.10. The van der Waals surface area contributed by atoms with Gasteiger partial charge in [-0.05, 0) is 30.2 Å². The van der Waals surface area contributed by atoms with Crippen LogP contribution in [0.4, 0.5) is 4.39 Å². The average Bonchev–Trinajstić information content (AvgIpc) is 2.29. The van der Waals surface area contributed by atoms with E-state index in [1.54, 1.807) is 6.07 Å². The average molecular weight is 314 g/mol. The molecule has 3 heteroatoms. The van der Waals surface area contributed by atoms with Gasteiger partial charge in [0.05, 0.1) is 5.38 Å². The van der Waals surface area contributed by atoms with Crippen LogP contribution in [0.1, 0.15) is 22.1 Å². The van der Waals surface area contributed by atoms with Gasteiger partial charge in [0.15, 0.2) is 0 Å². The molecule has 17 heavy (non-hydrogen) atoms. The summed E-state index contributed by atoms with van der Waals surface area (Å²) in [5, 5.41) is -0.273. The summed E-state index contributed by atoms with van der Waals surface area (Å²) < 4.78 is 13.7. The maximum atomic E-state index is 13.0. The Morgan fingerprint density at radius 3 is 2.35 bits per heavy atom. The summed E-state index contributed by atoms with van der Waals surface area (Å²) in [7, 11) is 0. The SMILES string of the molecule is Cc1ccc(C(Cl)c2ccc(F)cc2Br)cc1. The Hall–Kier alpha value is -0.860. The number of hydrogen-bond donors (Lipinski definition) is 0. The second kappa shape index (κ2) is 5.19. The van der Waals surface area contributed by atoms with E-state index in [-0.39, 0.29) is 11.2 Å². The molecule has 0 aromatic heterocycles. The largest absolute Gasteiger partial charge is 0.207 e. The molecule has 0 saturated carbocycles. The predicted molar refractivity (Wildman–Crippen MR) is 73.0 cm³/mol. The van der Waals surface area contributed by atoms with E-state index in [1.165, 1.54) is 17.7 Å². The first-order valence-electron chi connectivity index (χ1n) is 5.23. The van der Waals surface area contributed by atoms with Crippen LogP contribution in [0.2, 0.25) is 0 Å². The van der Waals surface area contributed by atoms with Crippen LogP contribution in [-0.2, 0) is 0 Å². The van der Waals surface area contributed by atoms with Crippen LogP contribution in [-0.4, -0.2) is 0 Å². The number of benzene rings is 2. The minimum atomic E-state index is -0.273. The van der Waals surface area contributed by atoms with Crippen molar-refractivity contribution in [3.8, 4) is 0 Å². The van der Waals surface area contributed by atoms with Gasteiger partial charge < -0.3 is 0 Å². The molecule has 0 bridgehead atoms. The molecule has 0 heterocycles. The second-order valence-corrected chi connectivity index (χ2v) is 5.23. The van der Waals surface area contributed by atoms with Gasteiger partial charge in [0.25, 0.3) is 0 Å². The molecule has 0 spiro atoms. The van der Waals surface area contributed by atoms with E-state index in [4.69, 9.17) is 11.6 Å². The first-order chi connectivity index (χ1) is 8.08. The van der Waals surface area contributed by atoms with Crippen molar-refractivity contribution >= 4 is 27.5 Å². The topological polar surface area (TPSA) is 0 Å². The van der Waals surface area contributed by atoms with Gasteiger partial charge >= 0.3 is 0 Å². The van der Waals surface area contributed by atoms with Gasteiger partial charge in [0.2, 0.25) is 0 Å². The zero-order valence-corrected chi connectivity index (χ0v) is 11.6. The van der Waals surface area contributed by atoms with Crippen molar-refractivity contribution in [1.29, 1.82) is 0 Å². The summed E-state index contributed by atoms with van der Waals surface area (Å²) >= 11 is 9.72. The number of aryl methyl sites for hydroxylation is 1. The van der Waals surface area contributed by atoms with Crippen molar-refractivity contribution in [1.82, 2.24) is 0 Å². The van der Waals surface area contributed by atoms with E-state index in [9.17, 15) is 4.39 Å². The Morgan fingerprint density at radius 2 is 1.76 bits per heavy atom. The summed E-state index contributed by atoms with van der Waals surface area (Å²) in [5.74, 6) is -0.270. The molecule has 1 atom stereocenters. The Balaban J connectivity index is 2.36. The zero-order valence-electron chi connectivity index (χ0n) is 9.25. The Morgan fingerprint density at radius 1 is 1.12 bits per heavy atom. The zero-order chi connectivity index (χ0) is 12.4. The van der Waals surface area contributed by atoms with Crippen molar-refractivity contribution in [2.45, 2.75) is 12.3 Å². The fourth-order valence-electron chi connectivity index (χ4n) is 1.62. The van der Waals surface area contributed by atoms with Gasteiger partial charge in [-0.25, -0.2) is 4.39 Å². The molecule has 0 saturated heterocycles.